The maximum absolute atomic E-state index is 12.2. The number of carbonyl (C=O) groups is 2. The van der Waals surface area contributed by atoms with Crippen molar-refractivity contribution in [3.63, 3.8) is 0 Å². The van der Waals surface area contributed by atoms with Crippen LogP contribution in [-0.2, 0) is 27.4 Å². The second-order valence-corrected chi connectivity index (χ2v) is 10.3. The van der Waals surface area contributed by atoms with Gasteiger partial charge in [-0.3, -0.25) is 19.6 Å². The van der Waals surface area contributed by atoms with Crippen LogP contribution in [-0.4, -0.2) is 60.4 Å². The highest BCUT2D eigenvalue weighted by molar-refractivity contribution is 5.91. The SMILES string of the molecule is C.C#Cc1ccc(CC(=O)Nc2ccnc(-c3ccccn3)n2)cc1.COc1ccc(COCC(=O)Nc2ccnc(-c3ccccn3)n2)cn1. The molecular weight excluding hydrogens is 646 g/mol. The number of pyridine rings is 3. The van der Waals surface area contributed by atoms with Crippen LogP contribution in [0.25, 0.3) is 23.0 Å². The first-order chi connectivity index (χ1) is 24.5. The van der Waals surface area contributed by atoms with Crippen LogP contribution in [0.2, 0.25) is 0 Å². The fraction of sp³-hybridized carbons (Fsp3) is 0.132. The number of hydrogen-bond acceptors (Lipinski definition) is 11. The molecule has 1 aromatic carbocycles. The molecule has 6 rings (SSSR count). The molecule has 0 aliphatic heterocycles. The molecular formula is C38H35N9O4. The van der Waals surface area contributed by atoms with Crippen LogP contribution >= 0.6 is 0 Å². The number of carbonyl (C=O) groups excluding carboxylic acids is 2. The third kappa shape index (κ3) is 11.6. The minimum Gasteiger partial charge on any atom is -0.481 e. The van der Waals surface area contributed by atoms with Gasteiger partial charge in [0.15, 0.2) is 11.6 Å². The van der Waals surface area contributed by atoms with Crippen LogP contribution in [0.15, 0.2) is 116 Å². The van der Waals surface area contributed by atoms with E-state index in [1.807, 2.05) is 60.7 Å². The number of hydrogen-bond donors (Lipinski definition) is 2. The summed E-state index contributed by atoms with van der Waals surface area (Å²) in [5.41, 5.74) is 3.80. The quantitative estimate of drug-likeness (QED) is 0.167. The van der Waals surface area contributed by atoms with Gasteiger partial charge in [0, 0.05) is 42.6 Å². The molecule has 0 saturated heterocycles. The Morgan fingerprint density at radius 3 is 1.78 bits per heavy atom. The van der Waals surface area contributed by atoms with Crippen LogP contribution in [0.4, 0.5) is 11.6 Å². The molecule has 5 heterocycles. The predicted octanol–water partition coefficient (Wildman–Crippen LogP) is 5.43. The fourth-order valence-corrected chi connectivity index (χ4v) is 4.24. The Labute approximate surface area is 295 Å². The molecule has 0 radical (unpaired) electrons. The number of anilines is 2. The molecule has 0 saturated carbocycles. The molecule has 0 unspecified atom stereocenters. The highest BCUT2D eigenvalue weighted by atomic mass is 16.5. The van der Waals surface area contributed by atoms with Crippen molar-refractivity contribution in [1.29, 1.82) is 0 Å². The fourth-order valence-electron chi connectivity index (χ4n) is 4.24. The Morgan fingerprint density at radius 2 is 1.27 bits per heavy atom. The third-order valence-corrected chi connectivity index (χ3v) is 6.63. The van der Waals surface area contributed by atoms with E-state index in [0.717, 1.165) is 16.7 Å². The summed E-state index contributed by atoms with van der Waals surface area (Å²) in [5.74, 6) is 4.34. The second kappa shape index (κ2) is 19.2. The Bertz CT molecular complexity index is 2040. The van der Waals surface area contributed by atoms with Crippen molar-refractivity contribution in [2.75, 3.05) is 24.4 Å². The van der Waals surface area contributed by atoms with Gasteiger partial charge in [-0.2, -0.15) is 0 Å². The highest BCUT2D eigenvalue weighted by Gasteiger charge is 2.09. The molecule has 13 nitrogen and oxygen atoms in total. The number of terminal acetylenes is 1. The lowest BCUT2D eigenvalue weighted by molar-refractivity contribution is -0.121. The van der Waals surface area contributed by atoms with Crippen molar-refractivity contribution in [3.05, 3.63) is 133 Å². The second-order valence-electron chi connectivity index (χ2n) is 10.3. The number of aromatic nitrogens is 7. The van der Waals surface area contributed by atoms with Gasteiger partial charge in [-0.1, -0.05) is 37.6 Å². The van der Waals surface area contributed by atoms with Gasteiger partial charge < -0.3 is 20.1 Å². The monoisotopic (exact) mass is 681 g/mol. The van der Waals surface area contributed by atoms with Gasteiger partial charge in [-0.05, 0) is 65.7 Å². The molecule has 2 N–H and O–H groups in total. The van der Waals surface area contributed by atoms with Gasteiger partial charge in [0.1, 0.15) is 29.6 Å². The zero-order valence-electron chi connectivity index (χ0n) is 26.9. The van der Waals surface area contributed by atoms with Crippen LogP contribution in [0.5, 0.6) is 5.88 Å². The minimum atomic E-state index is -0.308. The van der Waals surface area contributed by atoms with Crippen molar-refractivity contribution in [3.8, 4) is 41.3 Å². The Balaban J connectivity index is 0.000000225. The summed E-state index contributed by atoms with van der Waals surface area (Å²) in [6, 6.07) is 25.1. The van der Waals surface area contributed by atoms with Crippen LogP contribution in [0.3, 0.4) is 0 Å². The number of nitrogens with zero attached hydrogens (tertiary/aromatic N) is 7. The van der Waals surface area contributed by atoms with E-state index in [0.29, 0.717) is 40.6 Å². The largest absolute Gasteiger partial charge is 0.481 e. The number of benzene rings is 1. The molecule has 0 fully saturated rings. The zero-order chi connectivity index (χ0) is 35.0. The third-order valence-electron chi connectivity index (χ3n) is 6.63. The zero-order valence-corrected chi connectivity index (χ0v) is 26.9. The topological polar surface area (TPSA) is 167 Å². The lowest BCUT2D eigenvalue weighted by Gasteiger charge is -2.07. The summed E-state index contributed by atoms with van der Waals surface area (Å²) in [6.07, 6.45) is 13.7. The van der Waals surface area contributed by atoms with Crippen molar-refractivity contribution >= 4 is 23.5 Å². The van der Waals surface area contributed by atoms with Gasteiger partial charge in [-0.15, -0.1) is 6.42 Å². The van der Waals surface area contributed by atoms with E-state index in [2.05, 4.69) is 51.4 Å². The molecule has 51 heavy (non-hydrogen) atoms. The first kappa shape index (κ1) is 36.9. The maximum Gasteiger partial charge on any atom is 0.251 e. The summed E-state index contributed by atoms with van der Waals surface area (Å²) in [5, 5.41) is 5.45. The summed E-state index contributed by atoms with van der Waals surface area (Å²) < 4.78 is 10.4. The molecule has 0 aliphatic carbocycles. The predicted molar refractivity (Wildman–Crippen MR) is 193 cm³/mol. The van der Waals surface area contributed by atoms with Crippen molar-refractivity contribution in [2.45, 2.75) is 20.5 Å². The highest BCUT2D eigenvalue weighted by Crippen LogP contribution is 2.15. The van der Waals surface area contributed by atoms with E-state index >= 15 is 0 Å². The van der Waals surface area contributed by atoms with E-state index < -0.39 is 0 Å². The average molecular weight is 682 g/mol. The number of methoxy groups -OCH3 is 1. The van der Waals surface area contributed by atoms with Crippen molar-refractivity contribution < 1.29 is 19.1 Å². The number of ether oxygens (including phenoxy) is 2. The molecule has 6 aromatic rings. The van der Waals surface area contributed by atoms with Gasteiger partial charge in [-0.25, -0.2) is 24.9 Å². The van der Waals surface area contributed by atoms with Gasteiger partial charge in [0.25, 0.3) is 5.91 Å². The lowest BCUT2D eigenvalue weighted by Crippen LogP contribution is -2.19. The molecule has 0 bridgehead atoms. The maximum atomic E-state index is 12.2. The van der Waals surface area contributed by atoms with Gasteiger partial charge in [0.05, 0.1) is 20.1 Å². The first-order valence-corrected chi connectivity index (χ1v) is 15.2. The number of nitrogens with one attached hydrogen (secondary N) is 2. The average Bonchev–Trinajstić information content (AvgIpc) is 3.16. The van der Waals surface area contributed by atoms with Gasteiger partial charge >= 0.3 is 0 Å². The van der Waals surface area contributed by atoms with E-state index in [9.17, 15) is 9.59 Å². The molecule has 256 valence electrons. The summed E-state index contributed by atoms with van der Waals surface area (Å²) >= 11 is 0. The van der Waals surface area contributed by atoms with Crippen molar-refractivity contribution in [1.82, 2.24) is 34.9 Å². The van der Waals surface area contributed by atoms with E-state index in [1.165, 1.54) is 0 Å². The standard InChI is InChI=1S/C19H14N4O.C18H17N5O3.CH4/c1-2-14-6-8-15(9-7-14)13-18(24)22-17-10-12-21-19(23-17)16-5-3-4-11-20-16;1-25-17-6-5-13(10-21-17)11-26-12-16(24)22-15-7-9-20-18(23-15)14-4-2-3-8-19-14;/h1,3-12H,13H2,(H,21,22,23,24);2-10H,11-12H2,1H3,(H,20,22,23,24);1H4. The first-order valence-electron chi connectivity index (χ1n) is 15.2. The Morgan fingerprint density at radius 1 is 0.686 bits per heavy atom. The van der Waals surface area contributed by atoms with Crippen LogP contribution in [0, 0.1) is 12.3 Å². The minimum absolute atomic E-state index is 0. The normalized spacial score (nSPS) is 9.96. The van der Waals surface area contributed by atoms with Crippen LogP contribution in [0.1, 0.15) is 24.1 Å². The van der Waals surface area contributed by atoms with Gasteiger partial charge in [0.2, 0.25) is 11.8 Å². The van der Waals surface area contributed by atoms with Crippen LogP contribution < -0.4 is 15.4 Å². The summed E-state index contributed by atoms with van der Waals surface area (Å²) in [7, 11) is 1.55. The summed E-state index contributed by atoms with van der Waals surface area (Å²) in [4.78, 5) is 53.6. The smallest absolute Gasteiger partial charge is 0.251 e. The Hall–Kier alpha value is -6.91. The summed E-state index contributed by atoms with van der Waals surface area (Å²) in [6.45, 7) is 0.169. The number of amides is 2. The molecule has 13 heteroatoms. The van der Waals surface area contributed by atoms with E-state index in [4.69, 9.17) is 15.9 Å². The van der Waals surface area contributed by atoms with Crippen molar-refractivity contribution in [2.24, 2.45) is 0 Å². The molecule has 0 aliphatic rings. The van der Waals surface area contributed by atoms with E-state index in [1.54, 1.807) is 62.4 Å². The molecule has 2 amide bonds. The van der Waals surface area contributed by atoms with E-state index in [-0.39, 0.29) is 38.9 Å². The molecule has 0 atom stereocenters. The lowest BCUT2D eigenvalue weighted by atomic mass is 10.1. The molecule has 0 spiro atoms. The Kier molecular flexibility index (Phi) is 13.9. The number of rotatable bonds is 11. The molecule has 5 aromatic heterocycles.